The van der Waals surface area contributed by atoms with Gasteiger partial charge in [-0.3, -0.25) is 14.4 Å². The molecule has 1 heterocycles. The summed E-state index contributed by atoms with van der Waals surface area (Å²) < 4.78 is 29.1. The Labute approximate surface area is 275 Å². The highest BCUT2D eigenvalue weighted by Crippen LogP contribution is 2.57. The molecule has 47 heavy (non-hydrogen) atoms. The zero-order valence-corrected chi connectivity index (χ0v) is 28.6. The number of allylic oxidation sites excluding steroid dienone is 1. The zero-order chi connectivity index (χ0) is 35.5. The number of fused-ring (bicyclic) bond motifs is 3. The second kappa shape index (κ2) is 14.9. The van der Waals surface area contributed by atoms with Crippen LogP contribution in [0.3, 0.4) is 0 Å². The highest BCUT2D eigenvalue weighted by Gasteiger charge is 2.76. The number of hydrogen-bond acceptors (Lipinski definition) is 13. The second-order valence-electron chi connectivity index (χ2n) is 13.2. The smallest absolute Gasteiger partial charge is 0.341 e. The standard InChI is InChI=1S/C34H50O13/c1-9-12-13-15-21(36)16-24(38)44-28-26-25(19(5)27(28)45-30(39)18(4)11-3)29-34(42,33(8,41)31(40)46-29)22(43-23(37)14-10-2)17-32(26,7)47-20(6)35/h11,21-22,26-29,36,41-42H,9-10,12-17H2,1-8H3/b18-11-/t21-,22+,26-,27+,28+,29+,32+,33-,34-/m1/s1. The fourth-order valence-electron chi connectivity index (χ4n) is 6.94. The minimum atomic E-state index is -2.61. The normalized spacial score (nSPS) is 34.1. The molecule has 2 aliphatic carbocycles. The van der Waals surface area contributed by atoms with Gasteiger partial charge in [0, 0.05) is 25.3 Å². The summed E-state index contributed by atoms with van der Waals surface area (Å²) in [5.74, 6) is -5.53. The number of ether oxygens (including phenoxy) is 5. The van der Waals surface area contributed by atoms with Gasteiger partial charge in [0.1, 0.15) is 11.7 Å². The monoisotopic (exact) mass is 666 g/mol. The average molecular weight is 667 g/mol. The van der Waals surface area contributed by atoms with Crippen LogP contribution in [0.2, 0.25) is 0 Å². The molecule has 0 spiro atoms. The minimum Gasteiger partial charge on any atom is -0.459 e. The Bertz CT molecular complexity index is 1300. The first-order valence-corrected chi connectivity index (χ1v) is 16.4. The molecule has 0 aromatic carbocycles. The predicted octanol–water partition coefficient (Wildman–Crippen LogP) is 2.90. The van der Waals surface area contributed by atoms with Crippen LogP contribution >= 0.6 is 0 Å². The van der Waals surface area contributed by atoms with E-state index >= 15 is 0 Å². The molecule has 9 atom stereocenters. The molecule has 0 aromatic heterocycles. The first kappa shape index (κ1) is 38.2. The Morgan fingerprint density at radius 3 is 2.26 bits per heavy atom. The Morgan fingerprint density at radius 2 is 1.68 bits per heavy atom. The van der Waals surface area contributed by atoms with Gasteiger partial charge in [-0.05, 0) is 58.6 Å². The lowest BCUT2D eigenvalue weighted by Crippen LogP contribution is -2.64. The number of rotatable bonds is 13. The molecule has 0 bridgehead atoms. The number of aliphatic hydroxyl groups is 3. The first-order valence-electron chi connectivity index (χ1n) is 16.4. The molecule has 0 radical (unpaired) electrons. The Balaban J connectivity index is 2.24. The summed E-state index contributed by atoms with van der Waals surface area (Å²) in [5.41, 5.74) is -6.44. The maximum absolute atomic E-state index is 13.4. The van der Waals surface area contributed by atoms with Crippen molar-refractivity contribution in [3.05, 3.63) is 22.8 Å². The quantitative estimate of drug-likeness (QED) is 0.0855. The van der Waals surface area contributed by atoms with Crippen molar-refractivity contribution in [3.63, 3.8) is 0 Å². The third-order valence-corrected chi connectivity index (χ3v) is 9.57. The fraction of sp³-hybridized carbons (Fsp3) is 0.735. The molecule has 0 aromatic rings. The lowest BCUT2D eigenvalue weighted by Gasteiger charge is -2.41. The maximum atomic E-state index is 13.4. The Morgan fingerprint density at radius 1 is 1.02 bits per heavy atom. The van der Waals surface area contributed by atoms with Gasteiger partial charge in [0.25, 0.3) is 0 Å². The first-order chi connectivity index (χ1) is 21.9. The molecule has 0 amide bonds. The van der Waals surface area contributed by atoms with Gasteiger partial charge in [-0.1, -0.05) is 39.2 Å². The van der Waals surface area contributed by atoms with Crippen LogP contribution in [0.1, 0.15) is 107 Å². The average Bonchev–Trinajstić information content (AvgIpc) is 3.30. The van der Waals surface area contributed by atoms with E-state index in [1.807, 2.05) is 6.92 Å². The lowest BCUT2D eigenvalue weighted by atomic mass is 9.75. The molecule has 2 fully saturated rings. The lowest BCUT2D eigenvalue weighted by molar-refractivity contribution is -0.212. The fourth-order valence-corrected chi connectivity index (χ4v) is 6.94. The highest BCUT2D eigenvalue weighted by molar-refractivity contribution is 5.88. The van der Waals surface area contributed by atoms with Gasteiger partial charge in [-0.25, -0.2) is 9.59 Å². The molecule has 1 saturated carbocycles. The third-order valence-electron chi connectivity index (χ3n) is 9.57. The van der Waals surface area contributed by atoms with Crippen LogP contribution in [0.15, 0.2) is 22.8 Å². The van der Waals surface area contributed by atoms with E-state index in [0.29, 0.717) is 19.3 Å². The van der Waals surface area contributed by atoms with Crippen molar-refractivity contribution in [1.82, 2.24) is 0 Å². The van der Waals surface area contributed by atoms with Crippen molar-refractivity contribution in [2.45, 2.75) is 154 Å². The third kappa shape index (κ3) is 7.41. The van der Waals surface area contributed by atoms with Crippen LogP contribution in [0, 0.1) is 5.92 Å². The summed E-state index contributed by atoms with van der Waals surface area (Å²) >= 11 is 0. The molecule has 3 aliphatic rings. The predicted molar refractivity (Wildman–Crippen MR) is 165 cm³/mol. The summed E-state index contributed by atoms with van der Waals surface area (Å²) in [6, 6.07) is 0. The van der Waals surface area contributed by atoms with E-state index in [9.17, 15) is 39.3 Å². The minimum absolute atomic E-state index is 0.0488. The molecule has 0 unspecified atom stereocenters. The van der Waals surface area contributed by atoms with Crippen molar-refractivity contribution in [2.75, 3.05) is 0 Å². The summed E-state index contributed by atoms with van der Waals surface area (Å²) in [7, 11) is 0. The molecule has 1 saturated heterocycles. The Kier molecular flexibility index (Phi) is 12.1. The summed E-state index contributed by atoms with van der Waals surface area (Å²) in [5, 5.41) is 34.4. The maximum Gasteiger partial charge on any atom is 0.341 e. The van der Waals surface area contributed by atoms with Crippen LogP contribution in [0.5, 0.6) is 0 Å². The van der Waals surface area contributed by atoms with Crippen molar-refractivity contribution >= 4 is 29.8 Å². The van der Waals surface area contributed by atoms with Gasteiger partial charge in [0.15, 0.2) is 29.5 Å². The zero-order valence-electron chi connectivity index (χ0n) is 28.6. The van der Waals surface area contributed by atoms with Crippen molar-refractivity contribution in [3.8, 4) is 0 Å². The van der Waals surface area contributed by atoms with E-state index in [2.05, 4.69) is 0 Å². The molecule has 3 N–H and O–H groups in total. The summed E-state index contributed by atoms with van der Waals surface area (Å²) in [6.07, 6.45) is -3.22. The van der Waals surface area contributed by atoms with Gasteiger partial charge in [0.05, 0.1) is 18.4 Å². The van der Waals surface area contributed by atoms with Gasteiger partial charge in [0.2, 0.25) is 0 Å². The Hall–Kier alpha value is -3.29. The van der Waals surface area contributed by atoms with Crippen LogP contribution in [-0.4, -0.2) is 92.5 Å². The molecular formula is C34H50O13. The van der Waals surface area contributed by atoms with Crippen molar-refractivity contribution in [1.29, 1.82) is 0 Å². The number of unbranched alkanes of at least 4 members (excludes halogenated alkanes) is 2. The molecule has 13 heteroatoms. The van der Waals surface area contributed by atoms with E-state index in [1.165, 1.54) is 26.8 Å². The number of esters is 5. The molecule has 1 aliphatic heterocycles. The number of hydrogen-bond donors (Lipinski definition) is 3. The van der Waals surface area contributed by atoms with E-state index < -0.39 is 89.5 Å². The number of carbonyl (C=O) groups excluding carboxylic acids is 5. The molecule has 13 nitrogen and oxygen atoms in total. The van der Waals surface area contributed by atoms with E-state index in [-0.39, 0.29) is 29.6 Å². The van der Waals surface area contributed by atoms with Gasteiger partial charge >= 0.3 is 29.8 Å². The summed E-state index contributed by atoms with van der Waals surface area (Å²) in [6.45, 7) is 12.1. The van der Waals surface area contributed by atoms with E-state index in [0.717, 1.165) is 26.7 Å². The van der Waals surface area contributed by atoms with E-state index in [4.69, 9.17) is 23.7 Å². The van der Waals surface area contributed by atoms with Crippen LogP contribution in [0.4, 0.5) is 0 Å². The molecule has 3 rings (SSSR count). The topological polar surface area (TPSA) is 192 Å². The number of carbonyl (C=O) groups is 5. The highest BCUT2D eigenvalue weighted by atomic mass is 16.6. The van der Waals surface area contributed by atoms with Crippen LogP contribution in [0.25, 0.3) is 0 Å². The van der Waals surface area contributed by atoms with Crippen LogP contribution in [-0.2, 0) is 47.7 Å². The summed E-state index contributed by atoms with van der Waals surface area (Å²) in [4.78, 5) is 65.2. The van der Waals surface area contributed by atoms with Gasteiger partial charge in [-0.15, -0.1) is 0 Å². The van der Waals surface area contributed by atoms with Gasteiger partial charge < -0.3 is 39.0 Å². The van der Waals surface area contributed by atoms with Crippen molar-refractivity contribution in [2.24, 2.45) is 5.92 Å². The van der Waals surface area contributed by atoms with Crippen LogP contribution < -0.4 is 0 Å². The molecule has 264 valence electrons. The molecular weight excluding hydrogens is 616 g/mol. The SMILES string of the molecule is C/C=C(/C)C(=O)O[C@H]1C(C)=C2[C@H]([C@@H]1OC(=O)C[C@H](O)CCCCC)[C@@](C)(OC(C)=O)C[C@H](OC(=O)CCC)[C@@]1(O)[C@H]2OC(=O)[C@@]1(C)O. The number of aliphatic hydroxyl groups excluding tert-OH is 1. The van der Waals surface area contributed by atoms with Crippen molar-refractivity contribution < 1.29 is 63.0 Å². The largest absolute Gasteiger partial charge is 0.459 e. The van der Waals surface area contributed by atoms with Gasteiger partial charge in [-0.2, -0.15) is 0 Å². The second-order valence-corrected chi connectivity index (χ2v) is 13.2. The van der Waals surface area contributed by atoms with E-state index in [1.54, 1.807) is 13.8 Å².